The van der Waals surface area contributed by atoms with Crippen LogP contribution in [0.25, 0.3) is 33.1 Å². The molecule has 3 amide bonds. The van der Waals surface area contributed by atoms with Gasteiger partial charge in [-0.3, -0.25) is 19.4 Å². The molecule has 17 heteroatoms. The van der Waals surface area contributed by atoms with Crippen LogP contribution in [0.3, 0.4) is 0 Å². The molecule has 0 bridgehead atoms. The van der Waals surface area contributed by atoms with Crippen molar-refractivity contribution >= 4 is 62.2 Å². The third-order valence-corrected chi connectivity index (χ3v) is 9.14. The van der Waals surface area contributed by atoms with Gasteiger partial charge in [-0.2, -0.15) is 0 Å². The van der Waals surface area contributed by atoms with Crippen LogP contribution in [0.15, 0.2) is 123 Å². The summed E-state index contributed by atoms with van der Waals surface area (Å²) in [6.07, 6.45) is 5.54. The largest absolute Gasteiger partial charge is 0.376 e. The van der Waals surface area contributed by atoms with E-state index in [0.29, 0.717) is 56.3 Å². The van der Waals surface area contributed by atoms with Gasteiger partial charge < -0.3 is 19.4 Å². The van der Waals surface area contributed by atoms with Crippen molar-refractivity contribution in [2.45, 2.75) is 18.9 Å². The van der Waals surface area contributed by atoms with Gasteiger partial charge >= 0.3 is 0 Å². The van der Waals surface area contributed by atoms with Gasteiger partial charge in [0.15, 0.2) is 0 Å². The molecule has 9 rings (SSSR count). The van der Waals surface area contributed by atoms with Crippen LogP contribution >= 0.6 is 0 Å². The molecule has 8 aromatic rings. The highest BCUT2D eigenvalue weighted by Crippen LogP contribution is 2.20. The Bertz CT molecular complexity index is 2480. The topological polar surface area (TPSA) is 200 Å². The molecule has 0 radical (unpaired) electrons. The van der Waals surface area contributed by atoms with Gasteiger partial charge in [-0.05, 0) is 123 Å². The highest BCUT2D eigenvalue weighted by atomic mass is 16.6. The number of hydrogen-bond donors (Lipinski definition) is 0. The lowest BCUT2D eigenvalue weighted by Gasteiger charge is -2.20. The van der Waals surface area contributed by atoms with E-state index in [0.717, 1.165) is 30.8 Å². The standard InChI is InChI=1S/C14H11N3O2.C13H10N4O2.C13H15N3O3/c1-17(11-5-3-2-4-6-11)14(18)10-7-8-12-13(9-10)16-19-15-12;1-17(10-3-2-6-14-8-10)13(18)9-4-5-11-12(7-9)16-19-15-11;1-16(8-10-3-2-6-18-10)13(17)9-4-5-11-12(7-9)15-19-14-11/h2-9H,1H3;2-8H,1H3;4-5,7,10H,2-3,6,8H2,1H3. The van der Waals surface area contributed by atoms with Crippen molar-refractivity contribution in [3.63, 3.8) is 0 Å². The summed E-state index contributed by atoms with van der Waals surface area (Å²) in [5.74, 6) is -0.283. The lowest BCUT2D eigenvalue weighted by atomic mass is 10.1. The van der Waals surface area contributed by atoms with E-state index in [1.54, 1.807) is 104 Å². The number of carbonyl (C=O) groups is 3. The fourth-order valence-electron chi connectivity index (χ4n) is 5.97. The Balaban J connectivity index is 0.000000131. The Labute approximate surface area is 324 Å². The Morgan fingerprint density at radius 1 is 0.579 bits per heavy atom. The molecule has 4 aromatic heterocycles. The van der Waals surface area contributed by atoms with Gasteiger partial charge in [0.05, 0.1) is 18.0 Å². The van der Waals surface area contributed by atoms with E-state index in [4.69, 9.17) is 4.74 Å². The SMILES string of the molecule is CN(C(=O)c1ccc2nonc2c1)c1ccccc1.CN(C(=O)c1ccc2nonc2c1)c1cccnc1.CN(CC1CCCO1)C(=O)c1ccc2nonc2c1. The quantitative estimate of drug-likeness (QED) is 0.186. The molecule has 4 aromatic carbocycles. The minimum atomic E-state index is -0.141. The molecule has 0 spiro atoms. The minimum Gasteiger partial charge on any atom is -0.376 e. The highest BCUT2D eigenvalue weighted by molar-refractivity contribution is 6.08. The van der Waals surface area contributed by atoms with Gasteiger partial charge in [0.1, 0.15) is 33.1 Å². The number of hydrogen-bond acceptors (Lipinski definition) is 14. The molecule has 0 N–H and O–H groups in total. The van der Waals surface area contributed by atoms with Gasteiger partial charge in [-0.1, -0.05) is 18.2 Å². The number of ether oxygens (including phenoxy) is 1. The molecule has 0 aliphatic carbocycles. The van der Waals surface area contributed by atoms with Crippen LogP contribution in [0.5, 0.6) is 0 Å². The van der Waals surface area contributed by atoms with Crippen LogP contribution in [0.1, 0.15) is 43.9 Å². The first-order chi connectivity index (χ1) is 27.7. The fourth-order valence-corrected chi connectivity index (χ4v) is 5.97. The van der Waals surface area contributed by atoms with Crippen molar-refractivity contribution in [1.29, 1.82) is 0 Å². The highest BCUT2D eigenvalue weighted by Gasteiger charge is 2.21. The van der Waals surface area contributed by atoms with Crippen molar-refractivity contribution in [3.8, 4) is 0 Å². The molecule has 1 aliphatic rings. The van der Waals surface area contributed by atoms with E-state index in [9.17, 15) is 14.4 Å². The normalized spacial score (nSPS) is 13.4. The van der Waals surface area contributed by atoms with Gasteiger partial charge in [0.2, 0.25) is 0 Å². The zero-order valence-electron chi connectivity index (χ0n) is 31.1. The van der Waals surface area contributed by atoms with Gasteiger partial charge in [-0.15, -0.1) is 0 Å². The van der Waals surface area contributed by atoms with Crippen molar-refractivity contribution in [2.75, 3.05) is 44.1 Å². The molecule has 57 heavy (non-hydrogen) atoms. The maximum Gasteiger partial charge on any atom is 0.258 e. The number of para-hydroxylation sites is 1. The van der Waals surface area contributed by atoms with E-state index < -0.39 is 0 Å². The number of amides is 3. The molecule has 1 atom stereocenters. The smallest absolute Gasteiger partial charge is 0.258 e. The average molecular weight is 769 g/mol. The van der Waals surface area contributed by atoms with E-state index >= 15 is 0 Å². The van der Waals surface area contributed by atoms with Crippen LogP contribution in [0.4, 0.5) is 11.4 Å². The molecule has 0 saturated carbocycles. The van der Waals surface area contributed by atoms with Gasteiger partial charge in [0, 0.05) is 62.9 Å². The molecular formula is C40H36N10O7. The predicted octanol–water partition coefficient (Wildman–Crippen LogP) is 5.87. The Hall–Kier alpha value is -7.40. The zero-order chi connectivity index (χ0) is 39.7. The second kappa shape index (κ2) is 17.4. The van der Waals surface area contributed by atoms with Gasteiger partial charge in [-0.25, -0.2) is 13.9 Å². The second-order valence-corrected chi connectivity index (χ2v) is 13.0. The van der Waals surface area contributed by atoms with E-state index in [1.807, 2.05) is 36.4 Å². The maximum atomic E-state index is 12.4. The Morgan fingerprint density at radius 3 is 1.53 bits per heavy atom. The van der Waals surface area contributed by atoms with Crippen LogP contribution in [-0.2, 0) is 4.74 Å². The van der Waals surface area contributed by atoms with E-state index in [2.05, 4.69) is 49.8 Å². The number of benzene rings is 4. The number of anilines is 2. The third kappa shape index (κ3) is 8.95. The van der Waals surface area contributed by atoms with Crippen LogP contribution in [0, 0.1) is 0 Å². The summed E-state index contributed by atoms with van der Waals surface area (Å²) in [6.45, 7) is 1.41. The number of rotatable bonds is 7. The second-order valence-electron chi connectivity index (χ2n) is 13.0. The molecular weight excluding hydrogens is 733 g/mol. The molecule has 288 valence electrons. The molecule has 1 aliphatic heterocycles. The lowest BCUT2D eigenvalue weighted by molar-refractivity contribution is 0.0587. The van der Waals surface area contributed by atoms with Crippen molar-refractivity contribution < 1.29 is 33.0 Å². The summed E-state index contributed by atoms with van der Waals surface area (Å²) in [4.78, 5) is 45.8. The molecule has 1 fully saturated rings. The monoisotopic (exact) mass is 768 g/mol. The number of fused-ring (bicyclic) bond motifs is 3. The summed E-state index contributed by atoms with van der Waals surface area (Å²) in [5.41, 5.74) is 6.87. The number of pyridine rings is 1. The number of nitrogens with zero attached hydrogens (tertiary/aromatic N) is 10. The zero-order valence-corrected chi connectivity index (χ0v) is 31.1. The number of likely N-dealkylation sites (N-methyl/N-ethyl adjacent to an activating group) is 1. The van der Waals surface area contributed by atoms with E-state index in [1.165, 1.54) is 4.90 Å². The van der Waals surface area contributed by atoms with Crippen molar-refractivity contribution in [1.82, 2.24) is 40.8 Å². The lowest BCUT2D eigenvalue weighted by Crippen LogP contribution is -2.34. The van der Waals surface area contributed by atoms with Crippen molar-refractivity contribution in [3.05, 3.63) is 126 Å². The van der Waals surface area contributed by atoms with E-state index in [-0.39, 0.29) is 23.8 Å². The van der Waals surface area contributed by atoms with Gasteiger partial charge in [0.25, 0.3) is 17.7 Å². The van der Waals surface area contributed by atoms with Crippen LogP contribution in [0.2, 0.25) is 0 Å². The molecule has 1 unspecified atom stereocenters. The maximum absolute atomic E-state index is 12.4. The summed E-state index contributed by atoms with van der Waals surface area (Å²) in [5, 5.41) is 22.3. The molecule has 1 saturated heterocycles. The minimum absolute atomic E-state index is 0.0413. The first-order valence-corrected chi connectivity index (χ1v) is 17.8. The van der Waals surface area contributed by atoms with Crippen molar-refractivity contribution in [2.24, 2.45) is 0 Å². The Kier molecular flexibility index (Phi) is 11.6. The first kappa shape index (κ1) is 37.9. The Morgan fingerprint density at radius 2 is 1.05 bits per heavy atom. The third-order valence-electron chi connectivity index (χ3n) is 9.14. The average Bonchev–Trinajstić information content (AvgIpc) is 4.11. The summed E-state index contributed by atoms with van der Waals surface area (Å²) in [7, 11) is 5.22. The molecule has 17 nitrogen and oxygen atoms in total. The summed E-state index contributed by atoms with van der Waals surface area (Å²) < 4.78 is 19.4. The predicted molar refractivity (Wildman–Crippen MR) is 207 cm³/mol. The number of aromatic nitrogens is 7. The summed E-state index contributed by atoms with van der Waals surface area (Å²) in [6, 6.07) is 28.4. The number of carbonyl (C=O) groups excluding carboxylic acids is 3. The molecule has 5 heterocycles. The van der Waals surface area contributed by atoms with Crippen LogP contribution in [-0.4, -0.2) is 98.9 Å². The fraction of sp³-hybridized carbons (Fsp3) is 0.200. The summed E-state index contributed by atoms with van der Waals surface area (Å²) >= 11 is 0. The first-order valence-electron chi connectivity index (χ1n) is 17.8. The van der Waals surface area contributed by atoms with Crippen LogP contribution < -0.4 is 9.80 Å².